The molecule has 1 aromatic heterocycles. The van der Waals surface area contributed by atoms with Crippen molar-refractivity contribution in [2.24, 2.45) is 0 Å². The van der Waals surface area contributed by atoms with Gasteiger partial charge in [-0.25, -0.2) is 9.67 Å². The third kappa shape index (κ3) is 2.56. The number of nitriles is 1. The van der Waals surface area contributed by atoms with Gasteiger partial charge in [0.2, 0.25) is 0 Å². The second-order valence-electron chi connectivity index (χ2n) is 4.62. The standard InChI is InChI=1S/C15H18N4O/c1-4-14-17-15(5-2)19(18-14)13-8-11(9-16)6-7-12(13)10(3)20/h6-8,10,20H,4-5H2,1-3H3/t10-/m0/s1. The van der Waals surface area contributed by atoms with E-state index in [0.717, 1.165) is 35.7 Å². The molecule has 0 aliphatic rings. The maximum absolute atomic E-state index is 9.91. The summed E-state index contributed by atoms with van der Waals surface area (Å²) in [6.45, 7) is 5.71. The maximum Gasteiger partial charge on any atom is 0.151 e. The van der Waals surface area contributed by atoms with Crippen LogP contribution in [0.15, 0.2) is 18.2 Å². The van der Waals surface area contributed by atoms with Crippen LogP contribution in [0.25, 0.3) is 5.69 Å². The molecule has 0 unspecified atom stereocenters. The van der Waals surface area contributed by atoms with Gasteiger partial charge in [-0.05, 0) is 19.1 Å². The summed E-state index contributed by atoms with van der Waals surface area (Å²) in [5.41, 5.74) is 2.01. The molecule has 1 heterocycles. The summed E-state index contributed by atoms with van der Waals surface area (Å²) >= 11 is 0. The van der Waals surface area contributed by atoms with Gasteiger partial charge >= 0.3 is 0 Å². The molecule has 0 saturated heterocycles. The largest absolute Gasteiger partial charge is 0.389 e. The Kier molecular flexibility index (Phi) is 4.16. The Morgan fingerprint density at radius 1 is 1.35 bits per heavy atom. The molecule has 0 saturated carbocycles. The summed E-state index contributed by atoms with van der Waals surface area (Å²) in [6.07, 6.45) is 0.863. The Hall–Kier alpha value is -2.19. The van der Waals surface area contributed by atoms with Crippen LogP contribution in [0.5, 0.6) is 0 Å². The van der Waals surface area contributed by atoms with Crippen LogP contribution < -0.4 is 0 Å². The molecular weight excluding hydrogens is 252 g/mol. The molecule has 0 spiro atoms. The lowest BCUT2D eigenvalue weighted by molar-refractivity contribution is 0.199. The monoisotopic (exact) mass is 270 g/mol. The van der Waals surface area contributed by atoms with Crippen LogP contribution in [-0.4, -0.2) is 19.9 Å². The Balaban J connectivity index is 2.66. The minimum Gasteiger partial charge on any atom is -0.389 e. The van der Waals surface area contributed by atoms with Crippen molar-refractivity contribution in [3.8, 4) is 11.8 Å². The molecule has 0 amide bonds. The number of aryl methyl sites for hydroxylation is 2. The van der Waals surface area contributed by atoms with Gasteiger partial charge in [0.1, 0.15) is 5.82 Å². The molecule has 1 aromatic carbocycles. The molecule has 0 aliphatic heterocycles. The topological polar surface area (TPSA) is 74.7 Å². The Morgan fingerprint density at radius 3 is 2.65 bits per heavy atom. The molecule has 2 aromatic rings. The predicted octanol–water partition coefficient (Wildman–Crippen LogP) is 2.32. The van der Waals surface area contributed by atoms with Gasteiger partial charge in [-0.3, -0.25) is 0 Å². The van der Waals surface area contributed by atoms with Gasteiger partial charge in [0, 0.05) is 18.4 Å². The van der Waals surface area contributed by atoms with E-state index in [9.17, 15) is 5.11 Å². The molecule has 0 radical (unpaired) electrons. The first kappa shape index (κ1) is 14.2. The minimum absolute atomic E-state index is 0.542. The highest BCUT2D eigenvalue weighted by Crippen LogP contribution is 2.24. The second-order valence-corrected chi connectivity index (χ2v) is 4.62. The first-order valence-corrected chi connectivity index (χ1v) is 6.78. The number of rotatable bonds is 4. The molecule has 2 rings (SSSR count). The van der Waals surface area contributed by atoms with Gasteiger partial charge in [0.25, 0.3) is 0 Å². The highest BCUT2D eigenvalue weighted by molar-refractivity contribution is 5.48. The average molecular weight is 270 g/mol. The fraction of sp³-hybridized carbons (Fsp3) is 0.400. The summed E-state index contributed by atoms with van der Waals surface area (Å²) in [4.78, 5) is 4.47. The van der Waals surface area contributed by atoms with Crippen LogP contribution in [0, 0.1) is 11.3 Å². The zero-order valence-corrected chi connectivity index (χ0v) is 12.0. The molecule has 20 heavy (non-hydrogen) atoms. The van der Waals surface area contributed by atoms with E-state index in [2.05, 4.69) is 16.2 Å². The van der Waals surface area contributed by atoms with Gasteiger partial charge in [-0.2, -0.15) is 10.4 Å². The zero-order valence-electron chi connectivity index (χ0n) is 12.0. The smallest absolute Gasteiger partial charge is 0.151 e. The fourth-order valence-electron chi connectivity index (χ4n) is 2.11. The number of nitrogens with zero attached hydrogens (tertiary/aromatic N) is 4. The lowest BCUT2D eigenvalue weighted by atomic mass is 10.1. The van der Waals surface area contributed by atoms with E-state index >= 15 is 0 Å². The van der Waals surface area contributed by atoms with Crippen LogP contribution in [0.3, 0.4) is 0 Å². The molecule has 0 bridgehead atoms. The number of aromatic nitrogens is 3. The normalized spacial score (nSPS) is 12.2. The first-order chi connectivity index (χ1) is 9.60. The number of aliphatic hydroxyl groups is 1. The molecule has 5 heteroatoms. The van der Waals surface area contributed by atoms with Crippen molar-refractivity contribution in [3.63, 3.8) is 0 Å². The van der Waals surface area contributed by atoms with E-state index in [4.69, 9.17) is 5.26 Å². The van der Waals surface area contributed by atoms with E-state index in [-0.39, 0.29) is 0 Å². The molecular formula is C15H18N4O. The Labute approximate surface area is 118 Å². The van der Waals surface area contributed by atoms with Crippen molar-refractivity contribution < 1.29 is 5.11 Å². The summed E-state index contributed by atoms with van der Waals surface area (Å²) in [6, 6.07) is 7.34. The summed E-state index contributed by atoms with van der Waals surface area (Å²) in [5, 5.41) is 23.4. The van der Waals surface area contributed by atoms with E-state index in [1.807, 2.05) is 13.8 Å². The second kappa shape index (κ2) is 5.85. The quantitative estimate of drug-likeness (QED) is 0.925. The predicted molar refractivity (Wildman–Crippen MR) is 75.5 cm³/mol. The highest BCUT2D eigenvalue weighted by atomic mass is 16.3. The van der Waals surface area contributed by atoms with E-state index in [0.29, 0.717) is 5.56 Å². The molecule has 5 nitrogen and oxygen atoms in total. The van der Waals surface area contributed by atoms with Crippen LogP contribution in [-0.2, 0) is 12.8 Å². The van der Waals surface area contributed by atoms with E-state index in [1.54, 1.807) is 29.8 Å². The SMILES string of the molecule is CCc1nc(CC)n(-c2cc(C#N)ccc2[C@H](C)O)n1. The zero-order chi connectivity index (χ0) is 14.7. The number of aliphatic hydroxyl groups excluding tert-OH is 1. The van der Waals surface area contributed by atoms with E-state index < -0.39 is 6.10 Å². The highest BCUT2D eigenvalue weighted by Gasteiger charge is 2.16. The van der Waals surface area contributed by atoms with Gasteiger partial charge in [-0.1, -0.05) is 19.9 Å². The van der Waals surface area contributed by atoms with Gasteiger partial charge in [0.05, 0.1) is 23.4 Å². The lowest BCUT2D eigenvalue weighted by Crippen LogP contribution is -2.08. The lowest BCUT2D eigenvalue weighted by Gasteiger charge is -2.13. The molecule has 1 atom stereocenters. The number of benzene rings is 1. The number of hydrogen-bond donors (Lipinski definition) is 1. The third-order valence-electron chi connectivity index (χ3n) is 3.19. The summed E-state index contributed by atoms with van der Waals surface area (Å²) in [7, 11) is 0. The molecule has 104 valence electrons. The van der Waals surface area contributed by atoms with Crippen molar-refractivity contribution in [3.05, 3.63) is 41.0 Å². The summed E-state index contributed by atoms with van der Waals surface area (Å²) in [5.74, 6) is 1.60. The van der Waals surface area contributed by atoms with Crippen molar-refractivity contribution in [1.82, 2.24) is 14.8 Å². The third-order valence-corrected chi connectivity index (χ3v) is 3.19. The van der Waals surface area contributed by atoms with Crippen molar-refractivity contribution in [2.45, 2.75) is 39.7 Å². The van der Waals surface area contributed by atoms with Gasteiger partial charge < -0.3 is 5.11 Å². The molecule has 0 aliphatic carbocycles. The Bertz CT molecular complexity index is 652. The number of hydrogen-bond acceptors (Lipinski definition) is 4. The van der Waals surface area contributed by atoms with Crippen molar-refractivity contribution in [1.29, 1.82) is 5.26 Å². The van der Waals surface area contributed by atoms with Crippen LogP contribution >= 0.6 is 0 Å². The van der Waals surface area contributed by atoms with Crippen LogP contribution in [0.4, 0.5) is 0 Å². The van der Waals surface area contributed by atoms with Crippen LogP contribution in [0.2, 0.25) is 0 Å². The van der Waals surface area contributed by atoms with Crippen molar-refractivity contribution >= 4 is 0 Å². The summed E-state index contributed by atoms with van der Waals surface area (Å²) < 4.78 is 1.74. The van der Waals surface area contributed by atoms with Crippen molar-refractivity contribution in [2.75, 3.05) is 0 Å². The Morgan fingerprint density at radius 2 is 2.10 bits per heavy atom. The van der Waals surface area contributed by atoms with E-state index in [1.165, 1.54) is 0 Å². The molecule has 0 fully saturated rings. The van der Waals surface area contributed by atoms with Gasteiger partial charge in [0.15, 0.2) is 5.82 Å². The fourth-order valence-corrected chi connectivity index (χ4v) is 2.11. The minimum atomic E-state index is -0.628. The van der Waals surface area contributed by atoms with Gasteiger partial charge in [-0.15, -0.1) is 0 Å². The average Bonchev–Trinajstić information content (AvgIpc) is 2.89. The van der Waals surface area contributed by atoms with Crippen LogP contribution in [0.1, 0.15) is 49.7 Å². The molecule has 1 N–H and O–H groups in total. The maximum atomic E-state index is 9.91. The first-order valence-electron chi connectivity index (χ1n) is 6.78.